The van der Waals surface area contributed by atoms with Crippen molar-refractivity contribution in [2.24, 2.45) is 0 Å². The third kappa shape index (κ3) is 4.41. The first-order valence-corrected chi connectivity index (χ1v) is 11.8. The van der Waals surface area contributed by atoms with Crippen molar-refractivity contribution < 1.29 is 27.4 Å². The lowest BCUT2D eigenvalue weighted by Crippen LogP contribution is -2.50. The van der Waals surface area contributed by atoms with Crippen LogP contribution in [0.15, 0.2) is 36.8 Å². The molecular formula is C24H21ClF3N5O3. The second-order valence-corrected chi connectivity index (χ2v) is 9.36. The van der Waals surface area contributed by atoms with Crippen molar-refractivity contribution >= 4 is 28.7 Å². The van der Waals surface area contributed by atoms with Gasteiger partial charge in [0.05, 0.1) is 27.7 Å². The van der Waals surface area contributed by atoms with Crippen LogP contribution in [0.4, 0.5) is 18.0 Å². The van der Waals surface area contributed by atoms with E-state index in [1.165, 1.54) is 11.2 Å². The zero-order valence-electron chi connectivity index (χ0n) is 19.1. The number of hydrogen-bond donors (Lipinski definition) is 0. The molecular weight excluding hydrogens is 499 g/mol. The Kier molecular flexibility index (Phi) is 6.16. The largest absolute Gasteiger partial charge is 0.474 e. The van der Waals surface area contributed by atoms with Crippen LogP contribution in [0.2, 0.25) is 5.02 Å². The van der Waals surface area contributed by atoms with Crippen LogP contribution < -0.4 is 4.74 Å². The highest BCUT2D eigenvalue weighted by atomic mass is 35.5. The average Bonchev–Trinajstić information content (AvgIpc) is 3.37. The molecule has 0 spiro atoms. The fraction of sp³-hybridized carbons (Fsp3) is 0.417. The first-order chi connectivity index (χ1) is 17.2. The number of aromatic nitrogens is 3. The van der Waals surface area contributed by atoms with Crippen LogP contribution in [-0.4, -0.2) is 56.0 Å². The summed E-state index contributed by atoms with van der Waals surface area (Å²) in [4.78, 5) is 22.6. The first-order valence-electron chi connectivity index (χ1n) is 11.4. The van der Waals surface area contributed by atoms with Crippen LogP contribution in [0.1, 0.15) is 38.2 Å². The lowest BCUT2D eigenvalue weighted by molar-refractivity contribution is -0.200. The van der Waals surface area contributed by atoms with E-state index < -0.39 is 18.4 Å². The van der Waals surface area contributed by atoms with E-state index in [1.54, 1.807) is 35.0 Å². The minimum absolute atomic E-state index is 0.263. The van der Waals surface area contributed by atoms with Crippen molar-refractivity contribution in [1.29, 1.82) is 5.26 Å². The van der Waals surface area contributed by atoms with Crippen molar-refractivity contribution in [3.05, 3.63) is 47.4 Å². The molecule has 1 amide bonds. The first kappa shape index (κ1) is 24.2. The number of carbonyl (C=O) groups is 1. The Morgan fingerprint density at radius 1 is 1.22 bits per heavy atom. The maximum absolute atomic E-state index is 12.8. The number of ether oxygens (including phenoxy) is 2. The van der Waals surface area contributed by atoms with Gasteiger partial charge in [0.15, 0.2) is 11.8 Å². The molecule has 188 valence electrons. The molecule has 36 heavy (non-hydrogen) atoms. The number of fused-ring (bicyclic) bond motifs is 3. The maximum atomic E-state index is 12.8. The second kappa shape index (κ2) is 9.17. The molecule has 2 saturated heterocycles. The molecule has 1 unspecified atom stereocenters. The molecule has 3 aromatic rings. The molecule has 12 heteroatoms. The third-order valence-corrected chi connectivity index (χ3v) is 7.00. The van der Waals surface area contributed by atoms with E-state index in [0.717, 1.165) is 6.92 Å². The van der Waals surface area contributed by atoms with E-state index >= 15 is 0 Å². The quantitative estimate of drug-likeness (QED) is 0.458. The van der Waals surface area contributed by atoms with Crippen LogP contribution in [0.5, 0.6) is 5.88 Å². The zero-order chi connectivity index (χ0) is 25.6. The fourth-order valence-corrected chi connectivity index (χ4v) is 5.22. The second-order valence-electron chi connectivity index (χ2n) is 8.95. The normalized spacial score (nSPS) is 22.3. The summed E-state index contributed by atoms with van der Waals surface area (Å²) in [6.45, 7) is 0.827. The molecule has 0 aliphatic carbocycles. The summed E-state index contributed by atoms with van der Waals surface area (Å²) in [5, 5.41) is 10.1. The van der Waals surface area contributed by atoms with Gasteiger partial charge in [-0.3, -0.25) is 4.57 Å². The van der Waals surface area contributed by atoms with Crippen molar-refractivity contribution in [2.45, 2.75) is 63.1 Å². The molecule has 0 N–H and O–H groups in total. The molecule has 0 saturated carbocycles. The summed E-state index contributed by atoms with van der Waals surface area (Å²) < 4.78 is 51.2. The molecule has 5 rings (SSSR count). The minimum Gasteiger partial charge on any atom is -0.474 e. The topological polar surface area (TPSA) is 93.3 Å². The molecule has 8 nitrogen and oxygen atoms in total. The van der Waals surface area contributed by atoms with E-state index in [-0.39, 0.29) is 18.2 Å². The predicted molar refractivity (Wildman–Crippen MR) is 123 cm³/mol. The van der Waals surface area contributed by atoms with Gasteiger partial charge in [-0.1, -0.05) is 11.6 Å². The van der Waals surface area contributed by atoms with Crippen molar-refractivity contribution in [2.75, 3.05) is 0 Å². The molecule has 1 aromatic carbocycles. The van der Waals surface area contributed by atoms with E-state index in [1.807, 2.05) is 6.07 Å². The summed E-state index contributed by atoms with van der Waals surface area (Å²) in [5.74, 6) is 0.370. The highest BCUT2D eigenvalue weighted by molar-refractivity contribution is 6.32. The van der Waals surface area contributed by atoms with Crippen molar-refractivity contribution in [3.8, 4) is 17.6 Å². The van der Waals surface area contributed by atoms with E-state index in [9.17, 15) is 18.0 Å². The van der Waals surface area contributed by atoms with Gasteiger partial charge >= 0.3 is 12.3 Å². The Balaban J connectivity index is 1.33. The molecule has 3 atom stereocenters. The Morgan fingerprint density at radius 3 is 2.58 bits per heavy atom. The Morgan fingerprint density at radius 2 is 1.94 bits per heavy atom. The van der Waals surface area contributed by atoms with Crippen LogP contribution in [0, 0.1) is 11.3 Å². The molecule has 2 bridgehead atoms. The lowest BCUT2D eigenvalue weighted by atomic mass is 10.0. The number of hydrogen-bond acceptors (Lipinski definition) is 6. The van der Waals surface area contributed by atoms with Crippen LogP contribution in [0.3, 0.4) is 0 Å². The number of amides is 1. The van der Waals surface area contributed by atoms with Gasteiger partial charge in [0.1, 0.15) is 12.4 Å². The van der Waals surface area contributed by atoms with Crippen molar-refractivity contribution in [3.63, 3.8) is 0 Å². The molecule has 4 heterocycles. The maximum Gasteiger partial charge on any atom is 0.425 e. The number of alkyl halides is 3. The van der Waals surface area contributed by atoms with Gasteiger partial charge in [0.2, 0.25) is 5.88 Å². The Labute approximate surface area is 209 Å². The zero-order valence-corrected chi connectivity index (χ0v) is 19.8. The minimum atomic E-state index is -4.60. The van der Waals surface area contributed by atoms with Gasteiger partial charge in [-0.2, -0.15) is 18.4 Å². The van der Waals surface area contributed by atoms with Gasteiger partial charge in [-0.25, -0.2) is 14.8 Å². The Hall–Kier alpha value is -3.52. The highest BCUT2D eigenvalue weighted by Gasteiger charge is 2.47. The number of carbonyl (C=O) groups excluding carboxylic acids is 1. The SMILES string of the molecule is CC(OC(=O)N1[C@H]2CC[C@H]1CC(Oc1ncnc3c1ccn3-c1ccc(C#N)cc1Cl)C2)C(F)(F)F. The smallest absolute Gasteiger partial charge is 0.425 e. The number of halogens is 4. The van der Waals surface area contributed by atoms with Crippen molar-refractivity contribution in [1.82, 2.24) is 19.4 Å². The van der Waals surface area contributed by atoms with Gasteiger partial charge in [0, 0.05) is 31.1 Å². The summed E-state index contributed by atoms with van der Waals surface area (Å²) >= 11 is 6.38. The van der Waals surface area contributed by atoms with Crippen LogP contribution in [0.25, 0.3) is 16.7 Å². The summed E-state index contributed by atoms with van der Waals surface area (Å²) in [7, 11) is 0. The lowest BCUT2D eigenvalue weighted by Gasteiger charge is -2.38. The molecule has 2 aliphatic heterocycles. The standard InChI is InChI=1S/C24H21ClF3N5O3/c1-13(24(26,27)28)35-23(34)33-15-3-4-16(33)10-17(9-15)36-22-18-6-7-32(21(18)30-12-31-22)20-5-2-14(11-29)8-19(20)25/h2,5-8,12-13,15-17H,3-4,9-10H2,1H3/t13?,15-,16-/m0/s1. The number of benzene rings is 1. The van der Waals surface area contributed by atoms with E-state index in [2.05, 4.69) is 14.7 Å². The molecule has 2 fully saturated rings. The molecule has 2 aromatic heterocycles. The number of piperidine rings is 1. The number of nitriles is 1. The predicted octanol–water partition coefficient (Wildman–Crippen LogP) is 5.41. The van der Waals surface area contributed by atoms with E-state index in [0.29, 0.717) is 58.9 Å². The highest BCUT2D eigenvalue weighted by Crippen LogP contribution is 2.39. The third-order valence-electron chi connectivity index (χ3n) is 6.70. The molecule has 2 aliphatic rings. The van der Waals surface area contributed by atoms with Gasteiger partial charge in [-0.05, 0) is 44.0 Å². The van der Waals surface area contributed by atoms with Crippen LogP contribution >= 0.6 is 11.6 Å². The average molecular weight is 520 g/mol. The monoisotopic (exact) mass is 519 g/mol. The summed E-state index contributed by atoms with van der Waals surface area (Å²) in [6.07, 6.45) is -2.56. The summed E-state index contributed by atoms with van der Waals surface area (Å²) in [5.41, 5.74) is 1.65. The van der Waals surface area contributed by atoms with Gasteiger partial charge in [0.25, 0.3) is 0 Å². The molecule has 0 radical (unpaired) electrons. The summed E-state index contributed by atoms with van der Waals surface area (Å²) in [6, 6.07) is 8.30. The fourth-order valence-electron chi connectivity index (χ4n) is 4.95. The van der Waals surface area contributed by atoms with E-state index in [4.69, 9.17) is 21.6 Å². The van der Waals surface area contributed by atoms with Crippen LogP contribution in [-0.2, 0) is 4.74 Å². The Bertz CT molecular complexity index is 1340. The van der Waals surface area contributed by atoms with Gasteiger partial charge < -0.3 is 14.4 Å². The number of rotatable bonds is 4. The van der Waals surface area contributed by atoms with Gasteiger partial charge in [-0.15, -0.1) is 0 Å². The number of nitrogens with zero attached hydrogens (tertiary/aromatic N) is 5.